The zero-order valence-electron chi connectivity index (χ0n) is 11.5. The van der Waals surface area contributed by atoms with Gasteiger partial charge in [0.15, 0.2) is 4.34 Å². The van der Waals surface area contributed by atoms with E-state index in [9.17, 15) is 4.79 Å². The van der Waals surface area contributed by atoms with E-state index in [1.807, 2.05) is 6.07 Å². The number of aromatic nitrogens is 2. The molecule has 7 heteroatoms. The van der Waals surface area contributed by atoms with Crippen LogP contribution < -0.4 is 5.32 Å². The fourth-order valence-corrected chi connectivity index (χ4v) is 3.99. The summed E-state index contributed by atoms with van der Waals surface area (Å²) in [5.41, 5.74) is 0. The van der Waals surface area contributed by atoms with Gasteiger partial charge in [0.2, 0.25) is 11.0 Å². The highest BCUT2D eigenvalue weighted by atomic mass is 32.2. The Balaban J connectivity index is 1.78. The molecule has 2 aromatic rings. The van der Waals surface area contributed by atoms with Gasteiger partial charge in [-0.25, -0.2) is 0 Å². The Hall–Kier alpha value is -0.920. The second kappa shape index (κ2) is 7.75. The lowest BCUT2D eigenvalue weighted by Crippen LogP contribution is -2.11. The lowest BCUT2D eigenvalue weighted by molar-refractivity contribution is -0.116. The highest BCUT2D eigenvalue weighted by Crippen LogP contribution is 2.29. The molecule has 2 aromatic heterocycles. The van der Waals surface area contributed by atoms with Crippen molar-refractivity contribution in [3.05, 3.63) is 22.4 Å². The molecule has 2 rings (SSSR count). The average Bonchev–Trinajstić information content (AvgIpc) is 3.05. The van der Waals surface area contributed by atoms with Gasteiger partial charge in [0, 0.05) is 17.1 Å². The van der Waals surface area contributed by atoms with Gasteiger partial charge in [-0.05, 0) is 23.8 Å². The molecule has 0 spiro atoms. The normalized spacial score (nSPS) is 10.9. The Labute approximate surface area is 131 Å². The quantitative estimate of drug-likeness (QED) is 0.609. The van der Waals surface area contributed by atoms with E-state index in [2.05, 4.69) is 40.8 Å². The zero-order valence-corrected chi connectivity index (χ0v) is 13.9. The average molecular weight is 328 g/mol. The molecule has 0 bridgehead atoms. The number of carbonyl (C=O) groups excluding carboxylic acids is 1. The molecular formula is C13H17N3OS3. The molecular weight excluding hydrogens is 310 g/mol. The van der Waals surface area contributed by atoms with Crippen LogP contribution in [0.15, 0.2) is 21.9 Å². The molecule has 0 aliphatic carbocycles. The first kappa shape index (κ1) is 15.5. The second-order valence-electron chi connectivity index (χ2n) is 4.72. The minimum absolute atomic E-state index is 0.0182. The minimum atomic E-state index is 0.0182. The van der Waals surface area contributed by atoms with Crippen molar-refractivity contribution in [2.24, 2.45) is 5.92 Å². The molecule has 0 radical (unpaired) electrons. The van der Waals surface area contributed by atoms with Crippen molar-refractivity contribution in [2.45, 2.75) is 36.8 Å². The van der Waals surface area contributed by atoms with Gasteiger partial charge < -0.3 is 5.32 Å². The number of anilines is 1. The Kier molecular flexibility index (Phi) is 6.00. The molecule has 0 aliphatic rings. The van der Waals surface area contributed by atoms with Crippen molar-refractivity contribution >= 4 is 45.5 Å². The standard InChI is InChI=1S/C13H17N3OS3/c1-9(2)5-6-11(17)14-12-15-16-13(20-12)19-8-10-4-3-7-18-10/h3-4,7,9H,5-6,8H2,1-2H3,(H,14,15,17). The Morgan fingerprint density at radius 1 is 1.45 bits per heavy atom. The third-order valence-corrected chi connectivity index (χ3v) is 5.60. The lowest BCUT2D eigenvalue weighted by atomic mass is 10.1. The fraction of sp³-hybridized carbons (Fsp3) is 0.462. The lowest BCUT2D eigenvalue weighted by Gasteiger charge is -2.03. The highest BCUT2D eigenvalue weighted by Gasteiger charge is 2.09. The van der Waals surface area contributed by atoms with E-state index in [1.165, 1.54) is 16.2 Å². The minimum Gasteiger partial charge on any atom is -0.301 e. The van der Waals surface area contributed by atoms with Crippen LogP contribution in [-0.4, -0.2) is 16.1 Å². The maximum absolute atomic E-state index is 11.7. The molecule has 1 N–H and O–H groups in total. The van der Waals surface area contributed by atoms with Crippen LogP contribution >= 0.6 is 34.4 Å². The Morgan fingerprint density at radius 3 is 3.00 bits per heavy atom. The Morgan fingerprint density at radius 2 is 2.30 bits per heavy atom. The van der Waals surface area contributed by atoms with E-state index in [0.717, 1.165) is 16.5 Å². The number of hydrogen-bond donors (Lipinski definition) is 1. The second-order valence-corrected chi connectivity index (χ2v) is 7.95. The summed E-state index contributed by atoms with van der Waals surface area (Å²) in [5, 5.41) is 13.5. The van der Waals surface area contributed by atoms with E-state index >= 15 is 0 Å². The van der Waals surface area contributed by atoms with E-state index in [0.29, 0.717) is 17.5 Å². The summed E-state index contributed by atoms with van der Waals surface area (Å²) in [6, 6.07) is 4.15. The maximum atomic E-state index is 11.7. The topological polar surface area (TPSA) is 54.9 Å². The third kappa shape index (κ3) is 5.22. The van der Waals surface area contributed by atoms with E-state index in [-0.39, 0.29) is 5.91 Å². The van der Waals surface area contributed by atoms with Crippen LogP contribution in [0.25, 0.3) is 0 Å². The van der Waals surface area contributed by atoms with Crippen molar-refractivity contribution in [1.29, 1.82) is 0 Å². The van der Waals surface area contributed by atoms with Gasteiger partial charge in [0.25, 0.3) is 0 Å². The molecule has 1 amide bonds. The number of thioether (sulfide) groups is 1. The molecule has 0 aliphatic heterocycles. The van der Waals surface area contributed by atoms with Gasteiger partial charge in [0.05, 0.1) is 0 Å². The van der Waals surface area contributed by atoms with Crippen LogP contribution in [0.1, 0.15) is 31.6 Å². The molecule has 20 heavy (non-hydrogen) atoms. The number of rotatable bonds is 7. The van der Waals surface area contributed by atoms with Crippen LogP contribution in [0.3, 0.4) is 0 Å². The van der Waals surface area contributed by atoms with Crippen LogP contribution in [0, 0.1) is 5.92 Å². The van der Waals surface area contributed by atoms with E-state index in [1.54, 1.807) is 23.1 Å². The zero-order chi connectivity index (χ0) is 14.4. The summed E-state index contributed by atoms with van der Waals surface area (Å²) in [6.45, 7) is 4.22. The summed E-state index contributed by atoms with van der Waals surface area (Å²) >= 11 is 4.81. The monoisotopic (exact) mass is 327 g/mol. The molecule has 0 aromatic carbocycles. The molecule has 0 saturated heterocycles. The van der Waals surface area contributed by atoms with Crippen molar-refractivity contribution in [2.75, 3.05) is 5.32 Å². The number of nitrogens with one attached hydrogen (secondary N) is 1. The van der Waals surface area contributed by atoms with Gasteiger partial charge in [-0.1, -0.05) is 43.0 Å². The fourth-order valence-electron chi connectivity index (χ4n) is 1.45. The highest BCUT2D eigenvalue weighted by molar-refractivity contribution is 8.00. The van der Waals surface area contributed by atoms with E-state index < -0.39 is 0 Å². The van der Waals surface area contributed by atoms with Crippen LogP contribution in [0.2, 0.25) is 0 Å². The molecule has 108 valence electrons. The summed E-state index contributed by atoms with van der Waals surface area (Å²) in [7, 11) is 0. The van der Waals surface area contributed by atoms with Crippen molar-refractivity contribution in [3.8, 4) is 0 Å². The smallest absolute Gasteiger partial charge is 0.226 e. The largest absolute Gasteiger partial charge is 0.301 e. The third-order valence-electron chi connectivity index (χ3n) is 2.52. The van der Waals surface area contributed by atoms with E-state index in [4.69, 9.17) is 0 Å². The molecule has 0 atom stereocenters. The number of hydrogen-bond acceptors (Lipinski definition) is 6. The number of carbonyl (C=O) groups is 1. The molecule has 0 unspecified atom stereocenters. The molecule has 4 nitrogen and oxygen atoms in total. The van der Waals surface area contributed by atoms with Crippen LogP contribution in [-0.2, 0) is 10.5 Å². The van der Waals surface area contributed by atoms with Gasteiger partial charge in [-0.2, -0.15) is 0 Å². The first-order chi connectivity index (χ1) is 9.63. The van der Waals surface area contributed by atoms with Crippen LogP contribution in [0.5, 0.6) is 0 Å². The SMILES string of the molecule is CC(C)CCC(=O)Nc1nnc(SCc2cccs2)s1. The predicted octanol–water partition coefficient (Wildman–Crippen LogP) is 4.27. The summed E-state index contributed by atoms with van der Waals surface area (Å²) in [6.07, 6.45) is 1.43. The predicted molar refractivity (Wildman–Crippen MR) is 86.5 cm³/mol. The molecule has 0 fully saturated rings. The first-order valence-corrected chi connectivity index (χ1v) is 9.10. The number of nitrogens with zero attached hydrogens (tertiary/aromatic N) is 2. The molecule has 2 heterocycles. The number of amides is 1. The van der Waals surface area contributed by atoms with Crippen molar-refractivity contribution in [1.82, 2.24) is 10.2 Å². The van der Waals surface area contributed by atoms with Crippen molar-refractivity contribution in [3.63, 3.8) is 0 Å². The van der Waals surface area contributed by atoms with Gasteiger partial charge in [-0.3, -0.25) is 4.79 Å². The summed E-state index contributed by atoms with van der Waals surface area (Å²) < 4.78 is 0.887. The first-order valence-electron chi connectivity index (χ1n) is 6.42. The number of thiophene rings is 1. The maximum Gasteiger partial charge on any atom is 0.226 e. The molecule has 0 saturated carbocycles. The summed E-state index contributed by atoms with van der Waals surface area (Å²) in [4.78, 5) is 13.0. The van der Waals surface area contributed by atoms with Crippen LogP contribution in [0.4, 0.5) is 5.13 Å². The van der Waals surface area contributed by atoms with Gasteiger partial charge in [-0.15, -0.1) is 21.5 Å². The van der Waals surface area contributed by atoms with Gasteiger partial charge >= 0.3 is 0 Å². The van der Waals surface area contributed by atoms with Gasteiger partial charge in [0.1, 0.15) is 0 Å². The Bertz CT molecular complexity index is 537. The van der Waals surface area contributed by atoms with Crippen molar-refractivity contribution < 1.29 is 4.79 Å². The summed E-state index contributed by atoms with van der Waals surface area (Å²) in [5.74, 6) is 1.45.